The third kappa shape index (κ3) is 41.3. The number of hydrogen-bond donors (Lipinski definition) is 2. The molecule has 0 bridgehead atoms. The highest BCUT2D eigenvalue weighted by atomic mass is 31.2. The molecule has 0 saturated heterocycles. The molecule has 0 rings (SSSR count). The van der Waals surface area contributed by atoms with Crippen molar-refractivity contribution in [3.8, 4) is 0 Å². The Morgan fingerprint density at radius 1 is 0.554 bits per heavy atom. The summed E-state index contributed by atoms with van der Waals surface area (Å²) in [5.74, 6) is -0.865. The molecule has 10 heteroatoms. The van der Waals surface area contributed by atoms with Crippen molar-refractivity contribution in [1.29, 1.82) is 0 Å². The van der Waals surface area contributed by atoms with E-state index < -0.39 is 32.5 Å². The SMILES string of the molecule is CC/C=C/C/C=C/C/C=C/C/C=C/C/C=C/CCCCCC(=O)O[C@H](COC(=O)CCCCCCCCCCCCCCCCCC)COP(=O)(O)OCCN. The predicted octanol–water partition coefficient (Wildman–Crippen LogP) is 12.9. The summed E-state index contributed by atoms with van der Waals surface area (Å²) >= 11 is 0. The van der Waals surface area contributed by atoms with E-state index in [1.54, 1.807) is 0 Å². The lowest BCUT2D eigenvalue weighted by Crippen LogP contribution is -2.29. The maximum atomic E-state index is 12.6. The zero-order chi connectivity index (χ0) is 41.1. The maximum Gasteiger partial charge on any atom is 0.472 e. The van der Waals surface area contributed by atoms with Gasteiger partial charge < -0.3 is 20.1 Å². The average Bonchev–Trinajstić information content (AvgIpc) is 3.18. The van der Waals surface area contributed by atoms with Gasteiger partial charge in [-0.2, -0.15) is 0 Å². The number of phosphoric ester groups is 1. The summed E-state index contributed by atoms with van der Waals surface area (Å²) < 4.78 is 32.8. The summed E-state index contributed by atoms with van der Waals surface area (Å²) in [4.78, 5) is 34.9. The Kier molecular flexibility index (Phi) is 40.6. The van der Waals surface area contributed by atoms with Gasteiger partial charge in [-0.05, 0) is 57.8 Å². The molecule has 1 unspecified atom stereocenters. The number of phosphoric acid groups is 1. The van der Waals surface area contributed by atoms with Gasteiger partial charge in [-0.1, -0.05) is 177 Å². The predicted molar refractivity (Wildman–Crippen MR) is 233 cm³/mol. The Morgan fingerprint density at radius 3 is 1.46 bits per heavy atom. The quantitative estimate of drug-likeness (QED) is 0.0268. The lowest BCUT2D eigenvalue weighted by Gasteiger charge is -2.19. The number of esters is 2. The number of hydrogen-bond acceptors (Lipinski definition) is 8. The molecule has 0 aromatic rings. The van der Waals surface area contributed by atoms with Crippen molar-refractivity contribution in [2.24, 2.45) is 5.73 Å². The topological polar surface area (TPSA) is 134 Å². The number of carbonyl (C=O) groups is 2. The molecule has 0 amide bonds. The molecular weight excluding hydrogens is 725 g/mol. The highest BCUT2D eigenvalue weighted by molar-refractivity contribution is 7.47. The third-order valence-electron chi connectivity index (χ3n) is 9.17. The van der Waals surface area contributed by atoms with Gasteiger partial charge in [0, 0.05) is 19.4 Å². The molecule has 0 radical (unpaired) electrons. The van der Waals surface area contributed by atoms with E-state index in [9.17, 15) is 19.0 Å². The van der Waals surface area contributed by atoms with Crippen LogP contribution in [0.5, 0.6) is 0 Å². The zero-order valence-corrected chi connectivity index (χ0v) is 36.5. The molecular formula is C46H82NO8P. The van der Waals surface area contributed by atoms with E-state index in [4.69, 9.17) is 24.3 Å². The first-order valence-corrected chi connectivity index (χ1v) is 23.8. The van der Waals surface area contributed by atoms with Crippen LogP contribution in [0, 0.1) is 0 Å². The van der Waals surface area contributed by atoms with Crippen LogP contribution in [0.25, 0.3) is 0 Å². The Balaban J connectivity index is 4.21. The Labute approximate surface area is 342 Å². The number of allylic oxidation sites excluding steroid dienone is 10. The van der Waals surface area contributed by atoms with Gasteiger partial charge in [0.2, 0.25) is 0 Å². The van der Waals surface area contributed by atoms with Gasteiger partial charge >= 0.3 is 19.8 Å². The van der Waals surface area contributed by atoms with Gasteiger partial charge in [-0.3, -0.25) is 18.6 Å². The molecule has 0 fully saturated rings. The number of rotatable bonds is 41. The second-order valence-electron chi connectivity index (χ2n) is 14.5. The van der Waals surface area contributed by atoms with Crippen LogP contribution >= 0.6 is 7.82 Å². The van der Waals surface area contributed by atoms with Crippen LogP contribution in [0.4, 0.5) is 0 Å². The Hall–Kier alpha value is -2.29. The molecule has 0 aliphatic carbocycles. The van der Waals surface area contributed by atoms with Crippen LogP contribution in [0.2, 0.25) is 0 Å². The largest absolute Gasteiger partial charge is 0.472 e. The van der Waals surface area contributed by atoms with Crippen molar-refractivity contribution in [3.63, 3.8) is 0 Å². The van der Waals surface area contributed by atoms with Crippen LogP contribution in [0.15, 0.2) is 60.8 Å². The van der Waals surface area contributed by atoms with Crippen molar-refractivity contribution in [1.82, 2.24) is 0 Å². The monoisotopic (exact) mass is 808 g/mol. The van der Waals surface area contributed by atoms with Crippen molar-refractivity contribution >= 4 is 19.8 Å². The van der Waals surface area contributed by atoms with Crippen LogP contribution in [0.1, 0.15) is 187 Å². The molecule has 0 aliphatic rings. The van der Waals surface area contributed by atoms with Crippen molar-refractivity contribution in [2.45, 2.75) is 193 Å². The maximum absolute atomic E-state index is 12.6. The van der Waals surface area contributed by atoms with E-state index in [0.717, 1.165) is 70.6 Å². The third-order valence-corrected chi connectivity index (χ3v) is 10.2. The van der Waals surface area contributed by atoms with Gasteiger partial charge in [-0.25, -0.2) is 4.57 Å². The van der Waals surface area contributed by atoms with E-state index in [1.807, 2.05) is 0 Å². The first kappa shape index (κ1) is 53.7. The van der Waals surface area contributed by atoms with Gasteiger partial charge in [0.25, 0.3) is 0 Å². The minimum atomic E-state index is -4.39. The zero-order valence-electron chi connectivity index (χ0n) is 35.6. The number of nitrogens with two attached hydrogens (primary N) is 1. The first-order valence-electron chi connectivity index (χ1n) is 22.3. The van der Waals surface area contributed by atoms with E-state index in [-0.39, 0.29) is 32.6 Å². The average molecular weight is 808 g/mol. The van der Waals surface area contributed by atoms with Crippen LogP contribution in [-0.4, -0.2) is 49.3 Å². The molecule has 9 nitrogen and oxygen atoms in total. The van der Waals surface area contributed by atoms with E-state index >= 15 is 0 Å². The molecule has 2 atom stereocenters. The standard InChI is InChI=1S/C46H82NO8P/c1-3-5-7-9-11-13-15-17-19-21-22-23-25-27-29-31-33-35-37-39-46(49)55-44(43-54-56(50,51)53-41-40-47)42-52-45(48)38-36-34-32-30-28-26-24-20-18-16-14-12-10-8-6-4-2/h5,7,11,13,17,19,22-23,27,29,44H,3-4,6,8-10,12,14-16,18,20-21,24-26,28,30-43,47H2,1-2H3,(H,50,51)/b7-5+,13-11+,19-17+,23-22+,29-27+/t44-/m1/s1. The number of unbranched alkanes of at least 4 members (excludes halogenated alkanes) is 18. The molecule has 0 aliphatic heterocycles. The fourth-order valence-corrected chi connectivity index (χ4v) is 6.66. The second kappa shape index (κ2) is 42.3. The summed E-state index contributed by atoms with van der Waals surface area (Å²) in [6, 6.07) is 0. The molecule has 0 aromatic carbocycles. The van der Waals surface area contributed by atoms with Gasteiger partial charge in [-0.15, -0.1) is 0 Å². The normalized spacial score (nSPS) is 13.9. The summed E-state index contributed by atoms with van der Waals surface area (Å²) in [6.07, 6.45) is 49.6. The van der Waals surface area contributed by atoms with Crippen LogP contribution in [-0.2, 0) is 32.7 Å². The minimum Gasteiger partial charge on any atom is -0.462 e. The fourth-order valence-electron chi connectivity index (χ4n) is 5.90. The summed E-state index contributed by atoms with van der Waals surface area (Å²) in [6.45, 7) is 3.58. The number of ether oxygens (including phenoxy) is 2. The minimum absolute atomic E-state index is 0.0460. The van der Waals surface area contributed by atoms with Crippen molar-refractivity contribution < 1.29 is 37.6 Å². The smallest absolute Gasteiger partial charge is 0.462 e. The molecule has 56 heavy (non-hydrogen) atoms. The molecule has 0 spiro atoms. The second-order valence-corrected chi connectivity index (χ2v) is 16.0. The lowest BCUT2D eigenvalue weighted by atomic mass is 10.0. The van der Waals surface area contributed by atoms with Crippen LogP contribution < -0.4 is 5.73 Å². The molecule has 3 N–H and O–H groups in total. The Morgan fingerprint density at radius 2 is 0.982 bits per heavy atom. The number of carbonyl (C=O) groups excluding carboxylic acids is 2. The molecule has 0 saturated carbocycles. The van der Waals surface area contributed by atoms with E-state index in [2.05, 4.69) is 74.6 Å². The van der Waals surface area contributed by atoms with E-state index in [1.165, 1.54) is 83.5 Å². The van der Waals surface area contributed by atoms with Gasteiger partial charge in [0.1, 0.15) is 6.61 Å². The summed E-state index contributed by atoms with van der Waals surface area (Å²) in [5.41, 5.74) is 5.35. The van der Waals surface area contributed by atoms with Crippen molar-refractivity contribution in [3.05, 3.63) is 60.8 Å². The highest BCUT2D eigenvalue weighted by Gasteiger charge is 2.26. The Bertz CT molecular complexity index is 1100. The van der Waals surface area contributed by atoms with E-state index in [0.29, 0.717) is 6.42 Å². The molecule has 0 heterocycles. The van der Waals surface area contributed by atoms with Crippen LogP contribution in [0.3, 0.4) is 0 Å². The molecule has 324 valence electrons. The lowest BCUT2D eigenvalue weighted by molar-refractivity contribution is -0.161. The highest BCUT2D eigenvalue weighted by Crippen LogP contribution is 2.43. The fraction of sp³-hybridized carbons (Fsp3) is 0.739. The molecule has 0 aromatic heterocycles. The summed E-state index contributed by atoms with van der Waals surface area (Å²) in [7, 11) is -4.39. The van der Waals surface area contributed by atoms with Gasteiger partial charge in [0.05, 0.1) is 13.2 Å². The first-order chi connectivity index (χ1) is 27.3. The van der Waals surface area contributed by atoms with Crippen molar-refractivity contribution in [2.75, 3.05) is 26.4 Å². The van der Waals surface area contributed by atoms with Gasteiger partial charge in [0.15, 0.2) is 6.10 Å². The summed E-state index contributed by atoms with van der Waals surface area (Å²) in [5, 5.41) is 0.